The molecule has 1 amide bonds. The maximum absolute atomic E-state index is 12.1. The quantitative estimate of drug-likeness (QED) is 0.854. The van der Waals surface area contributed by atoms with Gasteiger partial charge in [0.2, 0.25) is 11.8 Å². The number of fused-ring (bicyclic) bond motifs is 2. The molecule has 0 radical (unpaired) electrons. The Kier molecular flexibility index (Phi) is 4.08. The normalized spacial score (nSPS) is 25.7. The molecule has 3 atom stereocenters. The van der Waals surface area contributed by atoms with Crippen molar-refractivity contribution in [3.8, 4) is 11.5 Å². The summed E-state index contributed by atoms with van der Waals surface area (Å²) in [5.74, 6) is 2.41. The lowest BCUT2D eigenvalue weighted by molar-refractivity contribution is -0.119. The summed E-state index contributed by atoms with van der Waals surface area (Å²) in [4.78, 5) is 12.1. The largest absolute Gasteiger partial charge is 0.411 e. The molecular formula is C17H19N3O2S. The molecule has 2 aliphatic rings. The van der Waals surface area contributed by atoms with E-state index < -0.39 is 0 Å². The zero-order valence-electron chi connectivity index (χ0n) is 12.8. The predicted octanol–water partition coefficient (Wildman–Crippen LogP) is 3.13. The highest BCUT2D eigenvalue weighted by molar-refractivity contribution is 7.99. The van der Waals surface area contributed by atoms with E-state index in [1.54, 1.807) is 0 Å². The van der Waals surface area contributed by atoms with Gasteiger partial charge in [-0.05, 0) is 43.2 Å². The number of thioether (sulfide) groups is 1. The summed E-state index contributed by atoms with van der Waals surface area (Å²) in [5.41, 5.74) is 0.887. The second-order valence-corrected chi connectivity index (χ2v) is 7.30. The molecule has 0 unspecified atom stereocenters. The van der Waals surface area contributed by atoms with Gasteiger partial charge in [-0.25, -0.2) is 0 Å². The molecule has 1 aromatic carbocycles. The molecule has 2 saturated carbocycles. The summed E-state index contributed by atoms with van der Waals surface area (Å²) in [6.45, 7) is 0. The molecular weight excluding hydrogens is 310 g/mol. The van der Waals surface area contributed by atoms with Gasteiger partial charge in [-0.3, -0.25) is 4.79 Å². The number of benzene rings is 1. The van der Waals surface area contributed by atoms with Crippen LogP contribution in [-0.4, -0.2) is 27.9 Å². The van der Waals surface area contributed by atoms with E-state index >= 15 is 0 Å². The van der Waals surface area contributed by atoms with E-state index in [9.17, 15) is 4.79 Å². The minimum atomic E-state index is 0.0620. The van der Waals surface area contributed by atoms with Gasteiger partial charge in [-0.2, -0.15) is 0 Å². The van der Waals surface area contributed by atoms with Gasteiger partial charge in [0.05, 0.1) is 5.75 Å². The smallest absolute Gasteiger partial charge is 0.277 e. The van der Waals surface area contributed by atoms with E-state index in [1.165, 1.54) is 31.0 Å². The summed E-state index contributed by atoms with van der Waals surface area (Å²) in [6.07, 6.45) is 5.06. The molecule has 1 heterocycles. The van der Waals surface area contributed by atoms with Crippen LogP contribution in [0.25, 0.3) is 11.5 Å². The SMILES string of the molecule is O=C(CSc1nnc(-c2ccccc2)o1)N[C@@H]1C[C@H]2CC[C@H]1C2. The molecule has 5 nitrogen and oxygen atoms in total. The molecule has 0 spiro atoms. The van der Waals surface area contributed by atoms with Gasteiger partial charge in [0, 0.05) is 11.6 Å². The summed E-state index contributed by atoms with van der Waals surface area (Å²) in [6, 6.07) is 10.0. The average Bonchev–Trinajstić information content (AvgIpc) is 3.30. The molecule has 1 aromatic heterocycles. The lowest BCUT2D eigenvalue weighted by Crippen LogP contribution is -2.39. The fraction of sp³-hybridized carbons (Fsp3) is 0.471. The Labute approximate surface area is 139 Å². The number of amides is 1. The molecule has 0 aliphatic heterocycles. The first-order valence-electron chi connectivity index (χ1n) is 8.09. The highest BCUT2D eigenvalue weighted by Gasteiger charge is 2.40. The topological polar surface area (TPSA) is 68.0 Å². The molecule has 6 heteroatoms. The van der Waals surface area contributed by atoms with Crippen molar-refractivity contribution in [1.82, 2.24) is 15.5 Å². The van der Waals surface area contributed by atoms with Gasteiger partial charge < -0.3 is 9.73 Å². The van der Waals surface area contributed by atoms with E-state index in [1.807, 2.05) is 30.3 Å². The van der Waals surface area contributed by atoms with Crippen LogP contribution in [0.5, 0.6) is 0 Å². The van der Waals surface area contributed by atoms with Gasteiger partial charge in [0.1, 0.15) is 0 Å². The Bertz CT molecular complexity index is 688. The number of aromatic nitrogens is 2. The van der Waals surface area contributed by atoms with Crippen molar-refractivity contribution in [3.05, 3.63) is 30.3 Å². The van der Waals surface area contributed by atoms with Crippen LogP contribution in [0, 0.1) is 11.8 Å². The first kappa shape index (κ1) is 14.8. The van der Waals surface area contributed by atoms with Gasteiger partial charge in [-0.1, -0.05) is 36.4 Å². The third-order valence-electron chi connectivity index (χ3n) is 4.84. The van der Waals surface area contributed by atoms with Crippen molar-refractivity contribution in [2.24, 2.45) is 11.8 Å². The number of carbonyl (C=O) groups excluding carboxylic acids is 1. The van der Waals surface area contributed by atoms with Crippen LogP contribution in [0.1, 0.15) is 25.7 Å². The lowest BCUT2D eigenvalue weighted by atomic mass is 9.95. The summed E-state index contributed by atoms with van der Waals surface area (Å²) < 4.78 is 5.60. The molecule has 2 bridgehead atoms. The van der Waals surface area contributed by atoms with Crippen LogP contribution in [0.4, 0.5) is 0 Å². The van der Waals surface area contributed by atoms with Crippen LogP contribution in [0.3, 0.4) is 0 Å². The van der Waals surface area contributed by atoms with E-state index in [-0.39, 0.29) is 5.91 Å². The van der Waals surface area contributed by atoms with Crippen molar-refractivity contribution in [2.75, 3.05) is 5.75 Å². The van der Waals surface area contributed by atoms with E-state index in [0.29, 0.717) is 28.8 Å². The molecule has 120 valence electrons. The van der Waals surface area contributed by atoms with E-state index in [2.05, 4.69) is 15.5 Å². The number of hydrogen-bond acceptors (Lipinski definition) is 5. The van der Waals surface area contributed by atoms with Crippen LogP contribution in [0.2, 0.25) is 0 Å². The number of carbonyl (C=O) groups is 1. The van der Waals surface area contributed by atoms with Crippen LogP contribution in [0.15, 0.2) is 40.0 Å². The lowest BCUT2D eigenvalue weighted by Gasteiger charge is -2.22. The molecule has 0 saturated heterocycles. The summed E-state index contributed by atoms with van der Waals surface area (Å²) in [7, 11) is 0. The molecule has 2 fully saturated rings. The van der Waals surface area contributed by atoms with Crippen molar-refractivity contribution >= 4 is 17.7 Å². The Hall–Kier alpha value is -1.82. The third kappa shape index (κ3) is 3.27. The standard InChI is InChI=1S/C17H19N3O2S/c21-15(18-14-9-11-6-7-13(14)8-11)10-23-17-20-19-16(22-17)12-4-2-1-3-5-12/h1-5,11,13-14H,6-10H2,(H,18,21)/t11-,13-,14+/m0/s1. The fourth-order valence-electron chi connectivity index (χ4n) is 3.76. The van der Waals surface area contributed by atoms with Crippen molar-refractivity contribution in [3.63, 3.8) is 0 Å². The minimum absolute atomic E-state index is 0.0620. The highest BCUT2D eigenvalue weighted by Crippen LogP contribution is 2.44. The maximum Gasteiger partial charge on any atom is 0.277 e. The van der Waals surface area contributed by atoms with Crippen LogP contribution >= 0.6 is 11.8 Å². The van der Waals surface area contributed by atoms with Crippen molar-refractivity contribution in [2.45, 2.75) is 36.9 Å². The number of nitrogens with zero attached hydrogens (tertiary/aromatic N) is 2. The first-order valence-corrected chi connectivity index (χ1v) is 9.07. The van der Waals surface area contributed by atoms with E-state index in [4.69, 9.17) is 4.42 Å². The zero-order valence-corrected chi connectivity index (χ0v) is 13.6. The van der Waals surface area contributed by atoms with Crippen LogP contribution < -0.4 is 5.32 Å². The van der Waals surface area contributed by atoms with E-state index in [0.717, 1.165) is 17.9 Å². The molecule has 4 rings (SSSR count). The molecule has 2 aliphatic carbocycles. The fourth-order valence-corrected chi connectivity index (χ4v) is 4.34. The van der Waals surface area contributed by atoms with Gasteiger partial charge >= 0.3 is 0 Å². The van der Waals surface area contributed by atoms with Crippen LogP contribution in [-0.2, 0) is 4.79 Å². The predicted molar refractivity (Wildman–Crippen MR) is 87.8 cm³/mol. The van der Waals surface area contributed by atoms with Gasteiger partial charge in [0.25, 0.3) is 5.22 Å². The summed E-state index contributed by atoms with van der Waals surface area (Å²) >= 11 is 1.30. The second kappa shape index (κ2) is 6.35. The van der Waals surface area contributed by atoms with Crippen molar-refractivity contribution < 1.29 is 9.21 Å². The Balaban J connectivity index is 1.29. The Morgan fingerprint density at radius 2 is 2.09 bits per heavy atom. The summed E-state index contributed by atoms with van der Waals surface area (Å²) in [5, 5.41) is 11.6. The third-order valence-corrected chi connectivity index (χ3v) is 5.66. The minimum Gasteiger partial charge on any atom is -0.411 e. The maximum atomic E-state index is 12.1. The molecule has 23 heavy (non-hydrogen) atoms. The second-order valence-electron chi connectivity index (χ2n) is 6.38. The average molecular weight is 329 g/mol. The van der Waals surface area contributed by atoms with Gasteiger partial charge in [0.15, 0.2) is 0 Å². The number of hydrogen-bond donors (Lipinski definition) is 1. The van der Waals surface area contributed by atoms with Gasteiger partial charge in [-0.15, -0.1) is 10.2 Å². The Morgan fingerprint density at radius 3 is 2.83 bits per heavy atom. The molecule has 2 aromatic rings. The number of nitrogens with one attached hydrogen (secondary N) is 1. The van der Waals surface area contributed by atoms with Crippen molar-refractivity contribution in [1.29, 1.82) is 0 Å². The first-order chi connectivity index (χ1) is 11.3. The monoisotopic (exact) mass is 329 g/mol. The number of rotatable bonds is 5. The Morgan fingerprint density at radius 1 is 1.22 bits per heavy atom. The zero-order chi connectivity index (χ0) is 15.6. The highest BCUT2D eigenvalue weighted by atomic mass is 32.2. The molecule has 1 N–H and O–H groups in total.